The van der Waals surface area contributed by atoms with Crippen LogP contribution in [0.1, 0.15) is 13.8 Å². The molecule has 0 fully saturated rings. The number of carbonyl (C=O) groups excluding carboxylic acids is 1. The van der Waals surface area contributed by atoms with Gasteiger partial charge < -0.3 is 14.3 Å². The Bertz CT molecular complexity index is 813. The molecule has 0 spiro atoms. The number of esters is 1. The van der Waals surface area contributed by atoms with Crippen molar-refractivity contribution in [3.63, 3.8) is 0 Å². The summed E-state index contributed by atoms with van der Waals surface area (Å²) in [5.41, 5.74) is 0.458. The van der Waals surface area contributed by atoms with Gasteiger partial charge in [-0.1, -0.05) is 0 Å². The van der Waals surface area contributed by atoms with Crippen molar-refractivity contribution in [2.45, 2.75) is 13.8 Å². The number of rotatable bonds is 5. The van der Waals surface area contributed by atoms with Crippen LogP contribution in [0.25, 0.3) is 11.3 Å². The largest absolute Gasteiger partial charge is 0.502 e. The Kier molecular flexibility index (Phi) is 4.60. The fourth-order valence-electron chi connectivity index (χ4n) is 1.86. The van der Waals surface area contributed by atoms with Crippen LogP contribution in [0.4, 0.5) is 5.88 Å². The topological polar surface area (TPSA) is 110 Å². The maximum Gasteiger partial charge on any atom is 0.308 e. The molecule has 2 heterocycles. The molecule has 0 atom stereocenters. The Labute approximate surface area is 133 Å². The summed E-state index contributed by atoms with van der Waals surface area (Å²) < 4.78 is 35.3. The Balaban J connectivity index is 2.64. The van der Waals surface area contributed by atoms with E-state index < -0.39 is 21.7 Å². The third kappa shape index (κ3) is 3.29. The molecule has 0 bridgehead atoms. The van der Waals surface area contributed by atoms with E-state index in [1.165, 1.54) is 26.4 Å². The molecule has 0 amide bonds. The van der Waals surface area contributed by atoms with E-state index in [1.54, 1.807) is 12.1 Å². The van der Waals surface area contributed by atoms with Crippen molar-refractivity contribution >= 4 is 21.9 Å². The van der Waals surface area contributed by atoms with Gasteiger partial charge >= 0.3 is 5.97 Å². The molecule has 2 rings (SSSR count). The summed E-state index contributed by atoms with van der Waals surface area (Å²) in [5, 5.41) is 10.3. The van der Waals surface area contributed by atoms with Gasteiger partial charge in [0.15, 0.2) is 5.76 Å². The number of furan rings is 1. The molecule has 0 unspecified atom stereocenters. The van der Waals surface area contributed by atoms with E-state index in [-0.39, 0.29) is 23.1 Å². The maximum atomic E-state index is 12.0. The lowest BCUT2D eigenvalue weighted by atomic mass is 10.2. The van der Waals surface area contributed by atoms with Crippen LogP contribution in [0, 0.1) is 0 Å². The molecule has 9 heteroatoms. The third-order valence-corrected chi connectivity index (χ3v) is 4.81. The maximum absolute atomic E-state index is 12.0. The summed E-state index contributed by atoms with van der Waals surface area (Å²) in [4.78, 5) is 15.1. The number of carbonyl (C=O) groups is 1. The molecular formula is C14H16N2O6S. The SMILES string of the molecule is CCS(=O)(=O)N(C)c1oc(-c2ccncc2)c(O)c1OC(C)=O. The fraction of sp³-hybridized carbons (Fsp3) is 0.286. The van der Waals surface area contributed by atoms with E-state index >= 15 is 0 Å². The van der Waals surface area contributed by atoms with Gasteiger partial charge in [-0.05, 0) is 19.1 Å². The zero-order chi connectivity index (χ0) is 17.2. The first-order valence-corrected chi connectivity index (χ1v) is 8.30. The number of nitrogens with zero attached hydrogens (tertiary/aromatic N) is 2. The summed E-state index contributed by atoms with van der Waals surface area (Å²) in [5.74, 6) is -1.99. The predicted octanol–water partition coefficient (Wildman–Crippen LogP) is 1.76. The summed E-state index contributed by atoms with van der Waals surface area (Å²) >= 11 is 0. The number of pyridine rings is 1. The summed E-state index contributed by atoms with van der Waals surface area (Å²) in [6, 6.07) is 3.13. The number of aromatic nitrogens is 1. The molecule has 0 radical (unpaired) electrons. The van der Waals surface area contributed by atoms with Crippen molar-refractivity contribution in [1.82, 2.24) is 4.98 Å². The molecule has 23 heavy (non-hydrogen) atoms. The second-order valence-electron chi connectivity index (χ2n) is 4.61. The molecule has 0 aromatic carbocycles. The van der Waals surface area contributed by atoms with Crippen LogP contribution in [-0.4, -0.2) is 37.3 Å². The molecular weight excluding hydrogens is 324 g/mol. The minimum absolute atomic E-state index is 0.0168. The Morgan fingerprint density at radius 2 is 2.00 bits per heavy atom. The minimum atomic E-state index is -3.67. The minimum Gasteiger partial charge on any atom is -0.502 e. The molecule has 2 aromatic heterocycles. The van der Waals surface area contributed by atoms with Gasteiger partial charge in [0.05, 0.1) is 5.75 Å². The van der Waals surface area contributed by atoms with Crippen molar-refractivity contribution in [3.05, 3.63) is 24.5 Å². The van der Waals surface area contributed by atoms with E-state index in [4.69, 9.17) is 9.15 Å². The van der Waals surface area contributed by atoms with E-state index in [2.05, 4.69) is 4.98 Å². The standard InChI is InChI=1S/C14H16N2O6S/c1-4-23(19,20)16(3)14-13(21-9(2)17)11(18)12(22-14)10-5-7-15-8-6-10/h5-8,18H,4H2,1-3H3. The Morgan fingerprint density at radius 3 is 2.52 bits per heavy atom. The van der Waals surface area contributed by atoms with E-state index in [0.29, 0.717) is 5.56 Å². The third-order valence-electron chi connectivity index (χ3n) is 3.08. The van der Waals surface area contributed by atoms with Gasteiger partial charge in [-0.2, -0.15) is 0 Å². The molecule has 0 saturated heterocycles. The zero-order valence-electron chi connectivity index (χ0n) is 12.8. The van der Waals surface area contributed by atoms with Gasteiger partial charge in [0.25, 0.3) is 5.88 Å². The lowest BCUT2D eigenvalue weighted by Gasteiger charge is -2.16. The van der Waals surface area contributed by atoms with Gasteiger partial charge in [0.1, 0.15) is 0 Å². The Morgan fingerprint density at radius 1 is 1.39 bits per heavy atom. The first kappa shape index (κ1) is 16.8. The van der Waals surface area contributed by atoms with Crippen LogP contribution in [0.15, 0.2) is 28.9 Å². The van der Waals surface area contributed by atoms with Crippen LogP contribution in [0.5, 0.6) is 11.5 Å². The summed E-state index contributed by atoms with van der Waals surface area (Å²) in [6.07, 6.45) is 2.96. The molecule has 8 nitrogen and oxygen atoms in total. The van der Waals surface area contributed by atoms with Gasteiger partial charge in [-0.3, -0.25) is 9.78 Å². The van der Waals surface area contributed by atoms with E-state index in [0.717, 1.165) is 11.2 Å². The normalized spacial score (nSPS) is 11.3. The molecule has 1 N–H and O–H groups in total. The smallest absolute Gasteiger partial charge is 0.308 e. The van der Waals surface area contributed by atoms with Gasteiger partial charge in [-0.25, -0.2) is 12.7 Å². The lowest BCUT2D eigenvalue weighted by Crippen LogP contribution is -2.28. The second-order valence-corrected chi connectivity index (χ2v) is 6.90. The van der Waals surface area contributed by atoms with Crippen LogP contribution in [0.3, 0.4) is 0 Å². The highest BCUT2D eigenvalue weighted by atomic mass is 32.2. The first-order chi connectivity index (χ1) is 10.8. The number of ether oxygens (including phenoxy) is 1. The van der Waals surface area contributed by atoms with E-state index in [1.807, 2.05) is 0 Å². The van der Waals surface area contributed by atoms with Crippen molar-refractivity contribution in [3.8, 4) is 22.8 Å². The first-order valence-electron chi connectivity index (χ1n) is 6.69. The number of hydrogen-bond acceptors (Lipinski definition) is 7. The predicted molar refractivity (Wildman–Crippen MR) is 82.8 cm³/mol. The second kappa shape index (κ2) is 6.29. The number of sulfonamides is 1. The van der Waals surface area contributed by atoms with Gasteiger partial charge in [0.2, 0.25) is 21.5 Å². The molecule has 0 aliphatic heterocycles. The quantitative estimate of drug-likeness (QED) is 0.826. The van der Waals surface area contributed by atoms with Crippen molar-refractivity contribution in [1.29, 1.82) is 0 Å². The van der Waals surface area contributed by atoms with Crippen molar-refractivity contribution in [2.24, 2.45) is 0 Å². The number of anilines is 1. The lowest BCUT2D eigenvalue weighted by molar-refractivity contribution is -0.132. The molecule has 2 aromatic rings. The van der Waals surface area contributed by atoms with Crippen molar-refractivity contribution in [2.75, 3.05) is 17.1 Å². The van der Waals surface area contributed by atoms with Gasteiger partial charge in [0, 0.05) is 31.9 Å². The highest BCUT2D eigenvalue weighted by Gasteiger charge is 2.30. The van der Waals surface area contributed by atoms with Crippen LogP contribution < -0.4 is 9.04 Å². The zero-order valence-corrected chi connectivity index (χ0v) is 13.6. The van der Waals surface area contributed by atoms with Crippen LogP contribution >= 0.6 is 0 Å². The monoisotopic (exact) mass is 340 g/mol. The molecule has 0 aliphatic carbocycles. The molecule has 124 valence electrons. The van der Waals surface area contributed by atoms with Crippen LogP contribution in [-0.2, 0) is 14.8 Å². The summed E-state index contributed by atoms with van der Waals surface area (Å²) in [6.45, 7) is 2.60. The number of hydrogen-bond donors (Lipinski definition) is 1. The van der Waals surface area contributed by atoms with E-state index in [9.17, 15) is 18.3 Å². The highest BCUT2D eigenvalue weighted by Crippen LogP contribution is 2.47. The number of aromatic hydroxyl groups is 1. The fourth-order valence-corrected chi connectivity index (χ4v) is 2.62. The Hall–Kier alpha value is -2.55. The average molecular weight is 340 g/mol. The molecule has 0 saturated carbocycles. The summed E-state index contributed by atoms with van der Waals surface area (Å²) in [7, 11) is -2.42. The highest BCUT2D eigenvalue weighted by molar-refractivity contribution is 7.92. The molecule has 0 aliphatic rings. The van der Waals surface area contributed by atoms with Crippen LogP contribution in [0.2, 0.25) is 0 Å². The van der Waals surface area contributed by atoms with Crippen molar-refractivity contribution < 1.29 is 27.5 Å². The van der Waals surface area contributed by atoms with Gasteiger partial charge in [-0.15, -0.1) is 0 Å². The average Bonchev–Trinajstić information content (AvgIpc) is 2.84.